The smallest absolute Gasteiger partial charge is 0.303 e. The number of aromatic nitrogens is 3. The van der Waals surface area contributed by atoms with E-state index in [1.165, 1.54) is 5.56 Å². The van der Waals surface area contributed by atoms with Crippen molar-refractivity contribution in [3.63, 3.8) is 0 Å². The predicted octanol–water partition coefficient (Wildman–Crippen LogP) is 5.11. The SMILES string of the molecule is O=C(O)CC(Cc1nc(CCCc2ccc3c(n2)NCCC3)no1)c1ccc(Cl)c(Cl)c1. The summed E-state index contributed by atoms with van der Waals surface area (Å²) in [5.41, 5.74) is 3.09. The van der Waals surface area contributed by atoms with Crippen LogP contribution in [0.25, 0.3) is 0 Å². The fourth-order valence-corrected chi connectivity index (χ4v) is 4.21. The number of halogens is 2. The zero-order chi connectivity index (χ0) is 22.5. The summed E-state index contributed by atoms with van der Waals surface area (Å²) < 4.78 is 5.39. The van der Waals surface area contributed by atoms with Gasteiger partial charge < -0.3 is 14.9 Å². The number of carboxylic acids is 1. The molecule has 9 heteroatoms. The van der Waals surface area contributed by atoms with Crippen LogP contribution < -0.4 is 5.32 Å². The van der Waals surface area contributed by atoms with Crippen molar-refractivity contribution < 1.29 is 14.4 Å². The van der Waals surface area contributed by atoms with Gasteiger partial charge in [0.15, 0.2) is 5.82 Å². The molecule has 1 aliphatic heterocycles. The number of pyridine rings is 1. The second kappa shape index (κ2) is 10.3. The van der Waals surface area contributed by atoms with Gasteiger partial charge in [-0.3, -0.25) is 4.79 Å². The average molecular weight is 475 g/mol. The first-order valence-corrected chi connectivity index (χ1v) is 11.4. The molecule has 2 aromatic heterocycles. The van der Waals surface area contributed by atoms with E-state index in [1.54, 1.807) is 18.2 Å². The molecule has 0 spiro atoms. The lowest BCUT2D eigenvalue weighted by Crippen LogP contribution is -2.14. The van der Waals surface area contributed by atoms with E-state index < -0.39 is 5.97 Å². The van der Waals surface area contributed by atoms with Gasteiger partial charge in [-0.05, 0) is 55.0 Å². The largest absolute Gasteiger partial charge is 0.481 e. The Morgan fingerprint density at radius 3 is 2.84 bits per heavy atom. The van der Waals surface area contributed by atoms with E-state index in [1.807, 2.05) is 0 Å². The van der Waals surface area contributed by atoms with Crippen LogP contribution in [0.5, 0.6) is 0 Å². The molecule has 3 heterocycles. The van der Waals surface area contributed by atoms with Crippen molar-refractivity contribution in [2.75, 3.05) is 11.9 Å². The third kappa shape index (κ3) is 5.78. The Hall–Kier alpha value is -2.64. The highest BCUT2D eigenvalue weighted by Gasteiger charge is 2.21. The summed E-state index contributed by atoms with van der Waals surface area (Å²) in [7, 11) is 0. The summed E-state index contributed by atoms with van der Waals surface area (Å²) in [6.07, 6.45) is 4.79. The third-order valence-electron chi connectivity index (χ3n) is 5.55. The molecular weight excluding hydrogens is 451 g/mol. The topological polar surface area (TPSA) is 101 Å². The van der Waals surface area contributed by atoms with Crippen LogP contribution in [0.15, 0.2) is 34.9 Å². The minimum atomic E-state index is -0.909. The summed E-state index contributed by atoms with van der Waals surface area (Å²) in [6, 6.07) is 9.37. The molecule has 1 aliphatic rings. The Kier molecular flexibility index (Phi) is 7.27. The maximum Gasteiger partial charge on any atom is 0.303 e. The first kappa shape index (κ1) is 22.6. The summed E-state index contributed by atoms with van der Waals surface area (Å²) in [5, 5.41) is 17.5. The van der Waals surface area contributed by atoms with Crippen molar-refractivity contribution in [1.29, 1.82) is 0 Å². The highest BCUT2D eigenvalue weighted by Crippen LogP contribution is 2.30. The molecule has 0 fully saturated rings. The van der Waals surface area contributed by atoms with Gasteiger partial charge in [0, 0.05) is 31.0 Å². The highest BCUT2D eigenvalue weighted by molar-refractivity contribution is 6.42. The molecule has 0 aliphatic carbocycles. The summed E-state index contributed by atoms with van der Waals surface area (Å²) >= 11 is 12.1. The molecule has 32 heavy (non-hydrogen) atoms. The molecule has 2 N–H and O–H groups in total. The molecule has 168 valence electrons. The molecule has 7 nitrogen and oxygen atoms in total. The number of fused-ring (bicyclic) bond motifs is 1. The fraction of sp³-hybridized carbons (Fsp3) is 0.391. The van der Waals surface area contributed by atoms with Gasteiger partial charge in [-0.1, -0.05) is 40.5 Å². The van der Waals surface area contributed by atoms with Crippen molar-refractivity contribution in [2.24, 2.45) is 0 Å². The van der Waals surface area contributed by atoms with Gasteiger partial charge in [-0.15, -0.1) is 0 Å². The van der Waals surface area contributed by atoms with Crippen LogP contribution in [-0.2, 0) is 30.5 Å². The molecule has 1 aromatic carbocycles. The zero-order valence-electron chi connectivity index (χ0n) is 17.5. The maximum atomic E-state index is 11.4. The second-order valence-electron chi connectivity index (χ2n) is 7.97. The lowest BCUT2D eigenvalue weighted by molar-refractivity contribution is -0.137. The van der Waals surface area contributed by atoms with Crippen molar-refractivity contribution in [3.8, 4) is 0 Å². The normalized spacial score (nSPS) is 13.9. The van der Waals surface area contributed by atoms with Crippen molar-refractivity contribution in [2.45, 2.75) is 50.9 Å². The first-order valence-electron chi connectivity index (χ1n) is 10.7. The van der Waals surface area contributed by atoms with Crippen LogP contribution in [0.2, 0.25) is 10.0 Å². The molecule has 4 rings (SSSR count). The van der Waals surface area contributed by atoms with E-state index in [4.69, 9.17) is 32.7 Å². The quantitative estimate of drug-likeness (QED) is 0.444. The van der Waals surface area contributed by atoms with E-state index in [-0.39, 0.29) is 12.3 Å². The van der Waals surface area contributed by atoms with Crippen molar-refractivity contribution in [1.82, 2.24) is 15.1 Å². The second-order valence-corrected chi connectivity index (χ2v) is 8.79. The van der Waals surface area contributed by atoms with E-state index in [0.29, 0.717) is 34.6 Å². The van der Waals surface area contributed by atoms with Crippen LogP contribution >= 0.6 is 23.2 Å². The number of carboxylic acid groups (broad SMARTS) is 1. The first-order chi connectivity index (χ1) is 15.5. The number of benzene rings is 1. The van der Waals surface area contributed by atoms with E-state index in [2.05, 4.69) is 27.6 Å². The number of aliphatic carboxylic acids is 1. The molecule has 1 atom stereocenters. The lowest BCUT2D eigenvalue weighted by Gasteiger charge is -2.17. The van der Waals surface area contributed by atoms with Crippen LogP contribution in [0, 0.1) is 0 Å². The summed E-state index contributed by atoms with van der Waals surface area (Å²) in [6.45, 7) is 0.972. The van der Waals surface area contributed by atoms with E-state index in [9.17, 15) is 9.90 Å². The van der Waals surface area contributed by atoms with Crippen molar-refractivity contribution >= 4 is 35.0 Å². The van der Waals surface area contributed by atoms with Gasteiger partial charge in [-0.25, -0.2) is 4.98 Å². The van der Waals surface area contributed by atoms with Crippen LogP contribution in [-0.4, -0.2) is 32.7 Å². The zero-order valence-corrected chi connectivity index (χ0v) is 19.0. The number of anilines is 1. The standard InChI is InChI=1S/C23H24Cl2N4O3/c24-18-9-7-15(11-19(18)25)16(13-22(30)31)12-21-28-20(29-32-21)5-1-4-17-8-6-14-3-2-10-26-23(14)27-17/h6-9,11,16H,1-5,10,12-13H2,(H,26,27)(H,30,31). The Balaban J connectivity index is 1.35. The maximum absolute atomic E-state index is 11.4. The van der Waals surface area contributed by atoms with Gasteiger partial charge in [0.1, 0.15) is 5.82 Å². The van der Waals surface area contributed by atoms with Crippen LogP contribution in [0.3, 0.4) is 0 Å². The Bertz CT molecular complexity index is 1100. The third-order valence-corrected chi connectivity index (χ3v) is 6.29. The molecule has 0 amide bonds. The summed E-state index contributed by atoms with van der Waals surface area (Å²) in [4.78, 5) is 20.5. The number of aryl methyl sites for hydroxylation is 3. The fourth-order valence-electron chi connectivity index (χ4n) is 3.91. The number of rotatable bonds is 9. The minimum Gasteiger partial charge on any atom is -0.481 e. The number of hydrogen-bond donors (Lipinski definition) is 2. The number of hydrogen-bond acceptors (Lipinski definition) is 6. The van der Waals surface area contributed by atoms with E-state index in [0.717, 1.165) is 49.3 Å². The molecular formula is C23H24Cl2N4O3. The van der Waals surface area contributed by atoms with Crippen LogP contribution in [0.4, 0.5) is 5.82 Å². The number of nitrogens with one attached hydrogen (secondary N) is 1. The van der Waals surface area contributed by atoms with Gasteiger partial charge in [-0.2, -0.15) is 4.98 Å². The van der Waals surface area contributed by atoms with Crippen LogP contribution in [0.1, 0.15) is 53.7 Å². The number of nitrogens with zero attached hydrogens (tertiary/aromatic N) is 3. The molecule has 0 radical (unpaired) electrons. The Morgan fingerprint density at radius 2 is 2.03 bits per heavy atom. The molecule has 0 saturated carbocycles. The summed E-state index contributed by atoms with van der Waals surface area (Å²) in [5.74, 6) is 0.769. The van der Waals surface area contributed by atoms with Gasteiger partial charge in [0.2, 0.25) is 5.89 Å². The highest BCUT2D eigenvalue weighted by atomic mass is 35.5. The molecule has 0 bridgehead atoms. The number of carbonyl (C=O) groups is 1. The van der Waals surface area contributed by atoms with Crippen molar-refractivity contribution in [3.05, 3.63) is 68.9 Å². The molecule has 3 aromatic rings. The Labute approximate surface area is 196 Å². The Morgan fingerprint density at radius 1 is 1.16 bits per heavy atom. The predicted molar refractivity (Wildman–Crippen MR) is 123 cm³/mol. The monoisotopic (exact) mass is 474 g/mol. The van der Waals surface area contributed by atoms with Gasteiger partial charge >= 0.3 is 5.97 Å². The van der Waals surface area contributed by atoms with Gasteiger partial charge in [0.05, 0.1) is 16.5 Å². The minimum absolute atomic E-state index is 0.0757. The lowest BCUT2D eigenvalue weighted by atomic mass is 9.92. The molecule has 0 saturated heterocycles. The molecule has 1 unspecified atom stereocenters. The van der Waals surface area contributed by atoms with Gasteiger partial charge in [0.25, 0.3) is 0 Å². The average Bonchev–Trinajstić information content (AvgIpc) is 3.22. The van der Waals surface area contributed by atoms with E-state index >= 15 is 0 Å².